The summed E-state index contributed by atoms with van der Waals surface area (Å²) in [7, 11) is 1.68. The normalized spacial score (nSPS) is 15.6. The molecule has 1 saturated heterocycles. The predicted molar refractivity (Wildman–Crippen MR) is 114 cm³/mol. The van der Waals surface area contributed by atoms with E-state index in [1.807, 2.05) is 12.1 Å². The van der Waals surface area contributed by atoms with Crippen molar-refractivity contribution in [2.24, 2.45) is 0 Å². The van der Waals surface area contributed by atoms with E-state index in [0.717, 1.165) is 43.3 Å². The van der Waals surface area contributed by atoms with Crippen LogP contribution in [0.3, 0.4) is 0 Å². The Morgan fingerprint density at radius 2 is 1.83 bits per heavy atom. The first-order valence-corrected chi connectivity index (χ1v) is 9.83. The van der Waals surface area contributed by atoms with E-state index in [1.165, 1.54) is 6.92 Å². The van der Waals surface area contributed by atoms with Gasteiger partial charge < -0.3 is 24.8 Å². The molecule has 29 heavy (non-hydrogen) atoms. The van der Waals surface area contributed by atoms with Crippen molar-refractivity contribution in [2.75, 3.05) is 56.7 Å². The Morgan fingerprint density at radius 3 is 2.48 bits per heavy atom. The third-order valence-corrected chi connectivity index (χ3v) is 4.88. The number of hydrogen-bond acceptors (Lipinski definition) is 6. The van der Waals surface area contributed by atoms with Crippen LogP contribution in [0.5, 0.6) is 11.5 Å². The predicted octanol–water partition coefficient (Wildman–Crippen LogP) is 2.22. The van der Waals surface area contributed by atoms with Crippen molar-refractivity contribution in [3.63, 3.8) is 0 Å². The molecule has 3 rings (SSSR count). The average molecular weight is 399 g/mol. The van der Waals surface area contributed by atoms with Gasteiger partial charge in [-0.3, -0.25) is 9.69 Å². The number of piperazine rings is 1. The van der Waals surface area contributed by atoms with Crippen LogP contribution in [0.2, 0.25) is 0 Å². The lowest BCUT2D eigenvalue weighted by molar-refractivity contribution is -0.114. The lowest BCUT2D eigenvalue weighted by atomic mass is 10.2. The molecule has 0 radical (unpaired) electrons. The maximum absolute atomic E-state index is 11.0. The second-order valence-corrected chi connectivity index (χ2v) is 7.16. The van der Waals surface area contributed by atoms with Gasteiger partial charge in [-0.2, -0.15) is 0 Å². The number of anilines is 2. The fourth-order valence-corrected chi connectivity index (χ4v) is 3.38. The molecule has 1 unspecified atom stereocenters. The molecule has 1 heterocycles. The van der Waals surface area contributed by atoms with Gasteiger partial charge in [-0.25, -0.2) is 0 Å². The molecule has 2 aromatic carbocycles. The number of hydrogen-bond donors (Lipinski definition) is 2. The Bertz CT molecular complexity index is 789. The van der Waals surface area contributed by atoms with Gasteiger partial charge in [0.15, 0.2) is 0 Å². The highest BCUT2D eigenvalue weighted by Crippen LogP contribution is 2.22. The standard InChI is InChI=1S/C22H29N3O4/c1-17(26)23-18-6-8-21(9-7-18)29-16-20(27)15-24-10-12-25(13-11-24)19-4-3-5-22(14-19)28-2/h3-9,14,20,27H,10-13,15-16H2,1-2H3,(H,23,26). The van der Waals surface area contributed by atoms with Crippen LogP contribution in [0.25, 0.3) is 0 Å². The summed E-state index contributed by atoms with van der Waals surface area (Å²) in [5.41, 5.74) is 1.88. The van der Waals surface area contributed by atoms with Crippen LogP contribution in [0.15, 0.2) is 48.5 Å². The zero-order valence-corrected chi connectivity index (χ0v) is 17.0. The number of aliphatic hydroxyl groups excluding tert-OH is 1. The Hall–Kier alpha value is -2.77. The number of carbonyl (C=O) groups is 1. The van der Waals surface area contributed by atoms with Gasteiger partial charge >= 0.3 is 0 Å². The van der Waals surface area contributed by atoms with E-state index in [-0.39, 0.29) is 12.5 Å². The van der Waals surface area contributed by atoms with Gasteiger partial charge in [0, 0.05) is 57.1 Å². The summed E-state index contributed by atoms with van der Waals surface area (Å²) in [5, 5.41) is 13.0. The first-order chi connectivity index (χ1) is 14.0. The van der Waals surface area contributed by atoms with Gasteiger partial charge in [-0.15, -0.1) is 0 Å². The molecule has 0 spiro atoms. The third-order valence-electron chi connectivity index (χ3n) is 4.88. The van der Waals surface area contributed by atoms with E-state index in [0.29, 0.717) is 12.3 Å². The van der Waals surface area contributed by atoms with Crippen LogP contribution < -0.4 is 19.7 Å². The molecule has 1 aliphatic rings. The van der Waals surface area contributed by atoms with Crippen LogP contribution in [-0.4, -0.2) is 68.5 Å². The maximum atomic E-state index is 11.0. The van der Waals surface area contributed by atoms with Gasteiger partial charge in [0.1, 0.15) is 24.2 Å². The number of ether oxygens (including phenoxy) is 2. The number of amides is 1. The van der Waals surface area contributed by atoms with Gasteiger partial charge in [-0.1, -0.05) is 6.07 Å². The molecule has 1 fully saturated rings. The summed E-state index contributed by atoms with van der Waals surface area (Å²) in [5.74, 6) is 1.42. The van der Waals surface area contributed by atoms with E-state index < -0.39 is 6.10 Å². The van der Waals surface area contributed by atoms with Crippen molar-refractivity contribution >= 4 is 17.3 Å². The van der Waals surface area contributed by atoms with Gasteiger partial charge in [-0.05, 0) is 36.4 Å². The molecule has 1 amide bonds. The molecule has 2 N–H and O–H groups in total. The number of benzene rings is 2. The van der Waals surface area contributed by atoms with Crippen LogP contribution in [0.1, 0.15) is 6.92 Å². The largest absolute Gasteiger partial charge is 0.497 e. The molecule has 0 aliphatic carbocycles. The van der Waals surface area contributed by atoms with Crippen LogP contribution in [-0.2, 0) is 4.79 Å². The summed E-state index contributed by atoms with van der Waals surface area (Å²) in [6.07, 6.45) is -0.562. The van der Waals surface area contributed by atoms with E-state index in [1.54, 1.807) is 31.4 Å². The van der Waals surface area contributed by atoms with Gasteiger partial charge in [0.05, 0.1) is 7.11 Å². The molecule has 1 aliphatic heterocycles. The van der Waals surface area contributed by atoms with Crippen molar-refractivity contribution in [3.05, 3.63) is 48.5 Å². The number of methoxy groups -OCH3 is 1. The Kier molecular flexibility index (Phi) is 7.32. The number of rotatable bonds is 8. The highest BCUT2D eigenvalue weighted by atomic mass is 16.5. The van der Waals surface area contributed by atoms with Gasteiger partial charge in [0.25, 0.3) is 0 Å². The zero-order chi connectivity index (χ0) is 20.6. The minimum Gasteiger partial charge on any atom is -0.497 e. The van der Waals surface area contributed by atoms with E-state index in [2.05, 4.69) is 27.2 Å². The third kappa shape index (κ3) is 6.37. The SMILES string of the molecule is COc1cccc(N2CCN(CC(O)COc3ccc(NC(C)=O)cc3)CC2)c1. The highest BCUT2D eigenvalue weighted by Gasteiger charge is 2.20. The monoisotopic (exact) mass is 399 g/mol. The number of nitrogens with zero attached hydrogens (tertiary/aromatic N) is 2. The van der Waals surface area contributed by atoms with Crippen molar-refractivity contribution in [1.29, 1.82) is 0 Å². The first kappa shape index (κ1) is 21.0. The van der Waals surface area contributed by atoms with E-state index >= 15 is 0 Å². The molecule has 7 nitrogen and oxygen atoms in total. The fourth-order valence-electron chi connectivity index (χ4n) is 3.38. The Balaban J connectivity index is 1.40. The highest BCUT2D eigenvalue weighted by molar-refractivity contribution is 5.88. The molecule has 0 bridgehead atoms. The topological polar surface area (TPSA) is 74.3 Å². The molecule has 156 valence electrons. The summed E-state index contributed by atoms with van der Waals surface area (Å²) < 4.78 is 11.0. The molecular weight excluding hydrogens is 370 g/mol. The number of nitrogens with one attached hydrogen (secondary N) is 1. The first-order valence-electron chi connectivity index (χ1n) is 9.83. The molecule has 0 aromatic heterocycles. The summed E-state index contributed by atoms with van der Waals surface area (Å²) in [6, 6.07) is 15.2. The fraction of sp³-hybridized carbons (Fsp3) is 0.409. The zero-order valence-electron chi connectivity index (χ0n) is 17.0. The van der Waals surface area contributed by atoms with Crippen LogP contribution in [0.4, 0.5) is 11.4 Å². The summed E-state index contributed by atoms with van der Waals surface area (Å²) in [6.45, 7) is 5.87. The quantitative estimate of drug-likeness (QED) is 0.709. The Labute approximate surface area is 171 Å². The minimum atomic E-state index is -0.562. The molecular formula is C22H29N3O4. The lowest BCUT2D eigenvalue weighted by Crippen LogP contribution is -2.49. The van der Waals surface area contributed by atoms with Crippen LogP contribution in [0, 0.1) is 0 Å². The smallest absolute Gasteiger partial charge is 0.221 e. The lowest BCUT2D eigenvalue weighted by Gasteiger charge is -2.37. The average Bonchev–Trinajstić information content (AvgIpc) is 2.73. The van der Waals surface area contributed by atoms with Crippen LogP contribution >= 0.6 is 0 Å². The second kappa shape index (κ2) is 10.1. The molecule has 0 saturated carbocycles. The molecule has 7 heteroatoms. The molecule has 1 atom stereocenters. The Morgan fingerprint density at radius 1 is 1.10 bits per heavy atom. The second-order valence-electron chi connectivity index (χ2n) is 7.16. The summed E-state index contributed by atoms with van der Waals surface area (Å²) >= 11 is 0. The number of β-amino-alcohol motifs (C(OH)–C–C–N with tert-alkyl or cyclic N) is 1. The summed E-state index contributed by atoms with van der Waals surface area (Å²) in [4.78, 5) is 15.6. The van der Waals surface area contributed by atoms with Crippen molar-refractivity contribution in [3.8, 4) is 11.5 Å². The van der Waals surface area contributed by atoms with E-state index in [4.69, 9.17) is 9.47 Å². The number of carbonyl (C=O) groups excluding carboxylic acids is 1. The van der Waals surface area contributed by atoms with Crippen molar-refractivity contribution in [2.45, 2.75) is 13.0 Å². The number of aliphatic hydroxyl groups is 1. The van der Waals surface area contributed by atoms with E-state index in [9.17, 15) is 9.90 Å². The van der Waals surface area contributed by atoms with Crippen molar-refractivity contribution in [1.82, 2.24) is 4.90 Å². The minimum absolute atomic E-state index is 0.111. The maximum Gasteiger partial charge on any atom is 0.221 e. The molecule has 2 aromatic rings. The van der Waals surface area contributed by atoms with Gasteiger partial charge in [0.2, 0.25) is 5.91 Å². The van der Waals surface area contributed by atoms with Crippen molar-refractivity contribution < 1.29 is 19.4 Å².